The molecule has 1 aliphatic rings. The number of nitrogen functional groups attached to an aromatic ring is 1. The summed E-state index contributed by atoms with van der Waals surface area (Å²) in [5, 5.41) is 1.58. The largest absolute Gasteiger partial charge is 0.399 e. The summed E-state index contributed by atoms with van der Waals surface area (Å²) in [7, 11) is -3.20. The van der Waals surface area contributed by atoms with E-state index in [1.54, 1.807) is 35.2 Å². The van der Waals surface area contributed by atoms with Crippen molar-refractivity contribution in [3.05, 3.63) is 108 Å². The molecule has 0 amide bonds. The van der Waals surface area contributed by atoms with Gasteiger partial charge in [0.2, 0.25) is 0 Å². The van der Waals surface area contributed by atoms with Gasteiger partial charge in [-0.25, -0.2) is 19.2 Å². The molecule has 5 heterocycles. The van der Waals surface area contributed by atoms with Crippen LogP contribution in [0.15, 0.2) is 90.8 Å². The first-order valence-corrected chi connectivity index (χ1v) is 15.8. The van der Waals surface area contributed by atoms with Crippen LogP contribution >= 0.6 is 0 Å². The Bertz CT molecular complexity index is 2210. The molecule has 1 aliphatic carbocycles. The first-order chi connectivity index (χ1) is 20.8. The molecule has 7 rings (SSSR count). The molecule has 6 aromatic rings. The molecule has 0 saturated heterocycles. The highest BCUT2D eigenvalue weighted by atomic mass is 32.2. The third-order valence-corrected chi connectivity index (χ3v) is 10.8. The van der Waals surface area contributed by atoms with Crippen LogP contribution in [0.3, 0.4) is 0 Å². The molecule has 216 valence electrons. The van der Waals surface area contributed by atoms with E-state index in [0.29, 0.717) is 59.9 Å². The van der Waals surface area contributed by atoms with Crippen molar-refractivity contribution in [2.75, 3.05) is 5.73 Å². The molecule has 5 aromatic heterocycles. The lowest BCUT2D eigenvalue weighted by Crippen LogP contribution is -2.24. The van der Waals surface area contributed by atoms with Crippen LogP contribution in [-0.2, 0) is 26.8 Å². The Morgan fingerprint density at radius 1 is 1.07 bits per heavy atom. The molecule has 11 heteroatoms. The number of nitrogens with one attached hydrogen (secondary N) is 3. The van der Waals surface area contributed by atoms with Crippen LogP contribution in [0.4, 0.5) is 5.69 Å². The van der Waals surface area contributed by atoms with E-state index in [-0.39, 0.29) is 11.3 Å². The van der Waals surface area contributed by atoms with E-state index in [1.807, 2.05) is 48.8 Å². The molecule has 1 saturated carbocycles. The van der Waals surface area contributed by atoms with Gasteiger partial charge in [0.05, 0.1) is 31.6 Å². The Morgan fingerprint density at radius 3 is 2.67 bits per heavy atom. The number of aryl methyl sites for hydroxylation is 1. The summed E-state index contributed by atoms with van der Waals surface area (Å²) in [6.07, 6.45) is 10.6. The molecule has 43 heavy (non-hydrogen) atoms. The average molecular weight is 591 g/mol. The Balaban J connectivity index is 1.45. The molecule has 1 atom stereocenters. The quantitative estimate of drug-likeness (QED) is 0.124. The number of hydrogen-bond donors (Lipinski definition) is 4. The van der Waals surface area contributed by atoms with Gasteiger partial charge in [0.15, 0.2) is 5.82 Å². The molecule has 1 aromatic carbocycles. The van der Waals surface area contributed by atoms with Gasteiger partial charge in [0, 0.05) is 58.9 Å². The molecule has 0 bridgehead atoms. The van der Waals surface area contributed by atoms with Crippen molar-refractivity contribution in [2.24, 2.45) is 0 Å². The summed E-state index contributed by atoms with van der Waals surface area (Å²) in [5.41, 5.74) is 11.0. The van der Waals surface area contributed by atoms with Gasteiger partial charge in [-0.2, -0.15) is 0 Å². The molecule has 0 spiro atoms. The van der Waals surface area contributed by atoms with Gasteiger partial charge < -0.3 is 20.3 Å². The van der Waals surface area contributed by atoms with E-state index in [9.17, 15) is 13.8 Å². The van der Waals surface area contributed by atoms with Crippen molar-refractivity contribution in [1.29, 1.82) is 4.78 Å². The standard InChI is InChI=1S/C32H30N8O2S/c1-2-3-15-40-18-25(22-7-12-35-28(22)31(40)41)26-17-27(39-30(38-26)24-9-14-37-29-23(24)8-13-36-29)32(10-11-32)43(34,42)19-20-5-4-6-21(33)16-20/h2,4-9,12-14,16-18,34-35H,1,3,10-11,15,19,33H2,(H,36,37). The average Bonchev–Trinajstić information content (AvgIpc) is 3.43. The van der Waals surface area contributed by atoms with E-state index in [4.69, 9.17) is 15.7 Å². The molecule has 5 N–H and O–H groups in total. The number of nitrogens with two attached hydrogens (primary N) is 1. The highest BCUT2D eigenvalue weighted by Gasteiger charge is 2.54. The zero-order valence-electron chi connectivity index (χ0n) is 23.3. The maximum Gasteiger partial charge on any atom is 0.274 e. The summed E-state index contributed by atoms with van der Waals surface area (Å²) in [6, 6.07) is 14.7. The highest BCUT2D eigenvalue weighted by Crippen LogP contribution is 2.54. The number of rotatable bonds is 9. The Morgan fingerprint density at radius 2 is 1.88 bits per heavy atom. The van der Waals surface area contributed by atoms with E-state index in [2.05, 4.69) is 21.5 Å². The van der Waals surface area contributed by atoms with Crippen molar-refractivity contribution < 1.29 is 4.21 Å². The van der Waals surface area contributed by atoms with E-state index in [1.165, 1.54) is 0 Å². The van der Waals surface area contributed by atoms with Crippen molar-refractivity contribution in [3.63, 3.8) is 0 Å². The van der Waals surface area contributed by atoms with E-state index in [0.717, 1.165) is 27.5 Å². The lowest BCUT2D eigenvalue weighted by Gasteiger charge is -2.21. The van der Waals surface area contributed by atoms with Crippen LogP contribution < -0.4 is 11.3 Å². The predicted molar refractivity (Wildman–Crippen MR) is 170 cm³/mol. The van der Waals surface area contributed by atoms with Gasteiger partial charge >= 0.3 is 0 Å². The third kappa shape index (κ3) is 4.52. The second kappa shape index (κ2) is 10.1. The highest BCUT2D eigenvalue weighted by molar-refractivity contribution is 7.92. The number of allylic oxidation sites excluding steroid dienone is 1. The third-order valence-electron chi connectivity index (χ3n) is 8.20. The van der Waals surface area contributed by atoms with Gasteiger partial charge in [-0.05, 0) is 61.2 Å². The number of anilines is 1. The molecular formula is C32H30N8O2S. The van der Waals surface area contributed by atoms with Crippen molar-refractivity contribution in [1.82, 2.24) is 29.5 Å². The van der Waals surface area contributed by atoms with Crippen molar-refractivity contribution >= 4 is 37.4 Å². The van der Waals surface area contributed by atoms with Gasteiger partial charge in [0.1, 0.15) is 11.2 Å². The number of H-pyrrole nitrogens is 2. The minimum atomic E-state index is -3.20. The first-order valence-electron chi connectivity index (χ1n) is 14.0. The number of benzene rings is 1. The number of pyridine rings is 2. The summed E-state index contributed by atoms with van der Waals surface area (Å²) >= 11 is 0. The predicted octanol–water partition coefficient (Wildman–Crippen LogP) is 5.72. The molecule has 10 nitrogen and oxygen atoms in total. The molecule has 1 unspecified atom stereocenters. The molecule has 1 fully saturated rings. The first kappa shape index (κ1) is 26.8. The van der Waals surface area contributed by atoms with Gasteiger partial charge in [-0.3, -0.25) is 9.57 Å². The lowest BCUT2D eigenvalue weighted by atomic mass is 10.1. The van der Waals surface area contributed by atoms with Crippen LogP contribution in [-0.4, -0.2) is 33.7 Å². The fraction of sp³-hybridized carbons (Fsp3) is 0.188. The number of hydrogen-bond acceptors (Lipinski definition) is 7. The van der Waals surface area contributed by atoms with Gasteiger partial charge in [-0.15, -0.1) is 6.58 Å². The Hall–Kier alpha value is -5.03. The van der Waals surface area contributed by atoms with Crippen molar-refractivity contribution in [2.45, 2.75) is 36.3 Å². The summed E-state index contributed by atoms with van der Waals surface area (Å²) < 4.78 is 24.2. The van der Waals surface area contributed by atoms with Crippen LogP contribution in [0.5, 0.6) is 0 Å². The monoisotopic (exact) mass is 590 g/mol. The van der Waals surface area contributed by atoms with Gasteiger partial charge in [-0.1, -0.05) is 18.2 Å². The number of fused-ring (bicyclic) bond motifs is 2. The zero-order chi connectivity index (χ0) is 29.8. The maximum atomic E-state index is 14.3. The Kier molecular flexibility index (Phi) is 6.28. The number of aromatic amines is 2. The number of nitrogens with zero attached hydrogens (tertiary/aromatic N) is 4. The smallest absolute Gasteiger partial charge is 0.274 e. The van der Waals surface area contributed by atoms with Crippen LogP contribution in [0.1, 0.15) is 30.5 Å². The fourth-order valence-electron chi connectivity index (χ4n) is 5.82. The van der Waals surface area contributed by atoms with Crippen molar-refractivity contribution in [3.8, 4) is 22.6 Å². The topological polar surface area (TPSA) is 159 Å². The summed E-state index contributed by atoms with van der Waals surface area (Å²) in [6.45, 7) is 4.27. The fourth-order valence-corrected chi connectivity index (χ4v) is 7.95. The number of aromatic nitrogens is 6. The second-order valence-corrected chi connectivity index (χ2v) is 13.4. The minimum Gasteiger partial charge on any atom is -0.399 e. The molecule has 0 radical (unpaired) electrons. The minimum absolute atomic E-state index is 0.0680. The summed E-state index contributed by atoms with van der Waals surface area (Å²) in [5.74, 6) is 0.510. The molecular weight excluding hydrogens is 560 g/mol. The summed E-state index contributed by atoms with van der Waals surface area (Å²) in [4.78, 5) is 33.9. The lowest BCUT2D eigenvalue weighted by molar-refractivity contribution is 0.658. The van der Waals surface area contributed by atoms with Crippen LogP contribution in [0, 0.1) is 4.78 Å². The van der Waals surface area contributed by atoms with Crippen LogP contribution in [0.2, 0.25) is 0 Å². The van der Waals surface area contributed by atoms with E-state index < -0.39 is 14.5 Å². The van der Waals surface area contributed by atoms with Gasteiger partial charge in [0.25, 0.3) is 5.56 Å². The maximum absolute atomic E-state index is 14.3. The van der Waals surface area contributed by atoms with Crippen LogP contribution in [0.25, 0.3) is 44.6 Å². The Labute approximate surface area is 247 Å². The SMILES string of the molecule is C=CCCn1cc(-c2cc(C3(S(=N)(=O)Cc4cccc(N)c4)CC3)nc(-c3ccnc4[nH]ccc34)n2)c2cc[nH]c2c1=O. The second-order valence-electron chi connectivity index (χ2n) is 11.0. The zero-order valence-corrected chi connectivity index (χ0v) is 24.2. The normalized spacial score (nSPS) is 15.4. The molecule has 0 aliphatic heterocycles. The van der Waals surface area contributed by atoms with E-state index >= 15 is 0 Å².